The quantitative estimate of drug-likeness (QED) is 0.769. The molecular formula is C14H12N4O3. The van der Waals surface area contributed by atoms with Crippen molar-refractivity contribution < 1.29 is 14.4 Å². The van der Waals surface area contributed by atoms with Gasteiger partial charge in [0.2, 0.25) is 11.8 Å². The van der Waals surface area contributed by atoms with E-state index in [1.165, 1.54) is 4.90 Å². The molecule has 7 heteroatoms. The highest BCUT2D eigenvalue weighted by Crippen LogP contribution is 2.17. The van der Waals surface area contributed by atoms with Crippen molar-refractivity contribution in [3.8, 4) is 11.3 Å². The second-order valence-corrected chi connectivity index (χ2v) is 4.67. The predicted molar refractivity (Wildman–Crippen MR) is 73.1 cm³/mol. The van der Waals surface area contributed by atoms with Gasteiger partial charge >= 0.3 is 0 Å². The van der Waals surface area contributed by atoms with Gasteiger partial charge in [-0.2, -0.15) is 5.10 Å². The van der Waals surface area contributed by atoms with Gasteiger partial charge in [0.15, 0.2) is 0 Å². The van der Waals surface area contributed by atoms with Crippen LogP contribution in [0.4, 0.5) is 0 Å². The van der Waals surface area contributed by atoms with Crippen molar-refractivity contribution in [3.05, 3.63) is 42.1 Å². The zero-order valence-corrected chi connectivity index (χ0v) is 11.0. The summed E-state index contributed by atoms with van der Waals surface area (Å²) in [5.41, 5.74) is 1.75. The van der Waals surface area contributed by atoms with E-state index < -0.39 is 17.7 Å². The van der Waals surface area contributed by atoms with Crippen molar-refractivity contribution in [3.63, 3.8) is 0 Å². The van der Waals surface area contributed by atoms with Gasteiger partial charge < -0.3 is 4.90 Å². The molecule has 2 N–H and O–H groups in total. The lowest BCUT2D eigenvalue weighted by Gasteiger charge is -2.24. The molecule has 1 aliphatic rings. The first-order valence-electron chi connectivity index (χ1n) is 6.36. The Bertz CT molecular complexity index is 692. The Morgan fingerprint density at radius 1 is 1.10 bits per heavy atom. The lowest BCUT2D eigenvalue weighted by molar-refractivity contribution is -0.135. The van der Waals surface area contributed by atoms with Gasteiger partial charge in [-0.15, -0.1) is 0 Å². The van der Waals surface area contributed by atoms with Gasteiger partial charge in [0.25, 0.3) is 5.91 Å². The number of nitrogens with one attached hydrogen (secondary N) is 2. The maximum absolute atomic E-state index is 12.3. The molecule has 3 amide bonds. The summed E-state index contributed by atoms with van der Waals surface area (Å²) in [5, 5.41) is 8.88. The topological polar surface area (TPSA) is 95.2 Å². The summed E-state index contributed by atoms with van der Waals surface area (Å²) >= 11 is 0. The number of H-pyrrole nitrogens is 1. The summed E-state index contributed by atoms with van der Waals surface area (Å²) in [7, 11) is 0. The lowest BCUT2D eigenvalue weighted by atomic mass is 10.1. The summed E-state index contributed by atoms with van der Waals surface area (Å²) in [6.07, 6.45) is 0. The first-order valence-corrected chi connectivity index (χ1v) is 6.36. The van der Waals surface area contributed by atoms with Crippen LogP contribution in [0.2, 0.25) is 0 Å². The molecule has 1 aromatic carbocycles. The van der Waals surface area contributed by atoms with E-state index >= 15 is 0 Å². The Kier molecular flexibility index (Phi) is 3.23. The molecule has 3 rings (SSSR count). The van der Waals surface area contributed by atoms with Gasteiger partial charge in [-0.3, -0.25) is 24.8 Å². The van der Waals surface area contributed by atoms with Crippen molar-refractivity contribution in [2.24, 2.45) is 0 Å². The smallest absolute Gasteiger partial charge is 0.272 e. The number of piperazine rings is 1. The zero-order chi connectivity index (χ0) is 14.8. The van der Waals surface area contributed by atoms with Crippen molar-refractivity contribution in [1.82, 2.24) is 20.4 Å². The Morgan fingerprint density at radius 2 is 1.76 bits per heavy atom. The number of hydrogen-bond acceptors (Lipinski definition) is 4. The average Bonchev–Trinajstić information content (AvgIpc) is 2.96. The first kappa shape index (κ1) is 13.0. The molecule has 0 saturated carbocycles. The summed E-state index contributed by atoms with van der Waals surface area (Å²) in [4.78, 5) is 36.0. The fourth-order valence-corrected chi connectivity index (χ4v) is 2.14. The minimum atomic E-state index is -0.484. The molecular weight excluding hydrogens is 272 g/mol. The molecule has 7 nitrogen and oxygen atoms in total. The largest absolute Gasteiger partial charge is 0.319 e. The monoisotopic (exact) mass is 284 g/mol. The van der Waals surface area contributed by atoms with Crippen LogP contribution in [0, 0.1) is 0 Å². The predicted octanol–water partition coefficient (Wildman–Crippen LogP) is 0.175. The maximum atomic E-state index is 12.3. The van der Waals surface area contributed by atoms with Gasteiger partial charge in [0.1, 0.15) is 18.8 Å². The van der Waals surface area contributed by atoms with E-state index in [1.807, 2.05) is 30.3 Å². The Hall–Kier alpha value is -2.96. The molecule has 0 spiro atoms. The van der Waals surface area contributed by atoms with Gasteiger partial charge in [-0.05, 0) is 6.07 Å². The van der Waals surface area contributed by atoms with Crippen LogP contribution in [0.3, 0.4) is 0 Å². The minimum Gasteiger partial charge on any atom is -0.319 e. The minimum absolute atomic E-state index is 0.135. The number of nitrogens with zero attached hydrogens (tertiary/aromatic N) is 2. The maximum Gasteiger partial charge on any atom is 0.272 e. The molecule has 2 aromatic rings. The zero-order valence-electron chi connectivity index (χ0n) is 11.0. The van der Waals surface area contributed by atoms with E-state index in [0.29, 0.717) is 5.69 Å². The number of carbonyl (C=O) groups excluding carboxylic acids is 3. The van der Waals surface area contributed by atoms with Crippen molar-refractivity contribution in [2.75, 3.05) is 13.1 Å². The molecule has 21 heavy (non-hydrogen) atoms. The summed E-state index contributed by atoms with van der Waals surface area (Å²) in [6.45, 7) is -0.269. The van der Waals surface area contributed by atoms with Crippen molar-refractivity contribution in [2.45, 2.75) is 0 Å². The van der Waals surface area contributed by atoms with Crippen LogP contribution in [0.5, 0.6) is 0 Å². The highest BCUT2D eigenvalue weighted by atomic mass is 16.2. The molecule has 0 aliphatic carbocycles. The van der Waals surface area contributed by atoms with Crippen LogP contribution < -0.4 is 5.32 Å². The van der Waals surface area contributed by atoms with E-state index in [4.69, 9.17) is 0 Å². The van der Waals surface area contributed by atoms with Crippen LogP contribution >= 0.6 is 0 Å². The molecule has 1 aromatic heterocycles. The Morgan fingerprint density at radius 3 is 2.43 bits per heavy atom. The molecule has 1 aliphatic heterocycles. The molecule has 106 valence electrons. The third kappa shape index (κ3) is 2.66. The third-order valence-electron chi connectivity index (χ3n) is 3.11. The summed E-state index contributed by atoms with van der Waals surface area (Å²) in [5.74, 6) is -1.39. The Labute approximate surface area is 119 Å². The Balaban J connectivity index is 1.81. The SMILES string of the molecule is O=C1CN(C(=O)c2cc(-c3ccccc3)n[nH]2)CC(=O)N1. The highest BCUT2D eigenvalue weighted by molar-refractivity contribution is 6.05. The number of rotatable bonds is 2. The molecule has 1 saturated heterocycles. The number of benzene rings is 1. The number of aromatic nitrogens is 2. The second kappa shape index (κ2) is 5.20. The van der Waals surface area contributed by atoms with Gasteiger partial charge in [-0.1, -0.05) is 30.3 Å². The van der Waals surface area contributed by atoms with Crippen molar-refractivity contribution >= 4 is 17.7 Å². The van der Waals surface area contributed by atoms with Crippen molar-refractivity contribution in [1.29, 1.82) is 0 Å². The number of imide groups is 1. The van der Waals surface area contributed by atoms with E-state index in [9.17, 15) is 14.4 Å². The fourth-order valence-electron chi connectivity index (χ4n) is 2.14. The molecule has 0 atom stereocenters. The summed E-state index contributed by atoms with van der Waals surface area (Å²) < 4.78 is 0. The van der Waals surface area contributed by atoms with E-state index in [2.05, 4.69) is 15.5 Å². The van der Waals surface area contributed by atoms with Crippen LogP contribution in [-0.4, -0.2) is 45.9 Å². The number of carbonyl (C=O) groups is 3. The van der Waals surface area contributed by atoms with Gasteiger partial charge in [0.05, 0.1) is 5.69 Å². The normalized spacial score (nSPS) is 15.0. The number of hydrogen-bond donors (Lipinski definition) is 2. The molecule has 0 unspecified atom stereocenters. The second-order valence-electron chi connectivity index (χ2n) is 4.67. The first-order chi connectivity index (χ1) is 10.1. The van der Waals surface area contributed by atoms with Gasteiger partial charge in [0, 0.05) is 5.56 Å². The fraction of sp³-hybridized carbons (Fsp3) is 0.143. The van der Waals surface area contributed by atoms with Gasteiger partial charge in [-0.25, -0.2) is 0 Å². The lowest BCUT2D eigenvalue weighted by Crippen LogP contribution is -2.53. The van der Waals surface area contributed by atoms with Crippen LogP contribution in [0.1, 0.15) is 10.5 Å². The molecule has 0 bridgehead atoms. The molecule has 0 radical (unpaired) electrons. The van der Waals surface area contributed by atoms with E-state index in [0.717, 1.165) is 5.56 Å². The average molecular weight is 284 g/mol. The summed E-state index contributed by atoms with van der Waals surface area (Å²) in [6, 6.07) is 11.0. The highest BCUT2D eigenvalue weighted by Gasteiger charge is 2.28. The molecule has 2 heterocycles. The number of amides is 3. The van der Waals surface area contributed by atoms with Crippen LogP contribution in [-0.2, 0) is 9.59 Å². The third-order valence-corrected chi connectivity index (χ3v) is 3.11. The van der Waals surface area contributed by atoms with E-state index in [1.54, 1.807) is 6.07 Å². The van der Waals surface area contributed by atoms with E-state index in [-0.39, 0.29) is 18.8 Å². The molecule has 1 fully saturated rings. The van der Waals surface area contributed by atoms with Crippen LogP contribution in [0.15, 0.2) is 36.4 Å². The number of aromatic amines is 1. The van der Waals surface area contributed by atoms with Crippen LogP contribution in [0.25, 0.3) is 11.3 Å². The standard InChI is InChI=1S/C14H12N4O3/c19-12-7-18(8-13(20)15-12)14(21)11-6-10(16-17-11)9-4-2-1-3-5-9/h1-6H,7-8H2,(H,16,17)(H,15,19,20).